The van der Waals surface area contributed by atoms with Crippen molar-refractivity contribution in [1.82, 2.24) is 4.72 Å². The third-order valence-electron chi connectivity index (χ3n) is 5.27. The molecule has 0 aromatic heterocycles. The number of nitrogens with one attached hydrogen (secondary N) is 1. The Morgan fingerprint density at radius 3 is 2.70 bits per heavy atom. The Morgan fingerprint density at radius 2 is 2.09 bits per heavy atom. The number of aliphatic hydroxyl groups is 1. The van der Waals surface area contributed by atoms with Crippen molar-refractivity contribution >= 4 is 16.0 Å². The molecule has 1 saturated heterocycles. The van der Waals surface area contributed by atoms with E-state index in [4.69, 9.17) is 9.47 Å². The summed E-state index contributed by atoms with van der Waals surface area (Å²) in [6.07, 6.45) is 1.78. The van der Waals surface area contributed by atoms with Crippen LogP contribution < -0.4 is 4.72 Å². The molecule has 132 valence electrons. The lowest BCUT2D eigenvalue weighted by Crippen LogP contribution is -2.46. The first-order chi connectivity index (χ1) is 10.8. The fourth-order valence-electron chi connectivity index (χ4n) is 3.74. The van der Waals surface area contributed by atoms with E-state index in [1.807, 2.05) is 6.92 Å². The molecule has 0 radical (unpaired) electrons. The number of fused-ring (bicyclic) bond motifs is 1. The van der Waals surface area contributed by atoms with Crippen LogP contribution >= 0.6 is 0 Å². The van der Waals surface area contributed by atoms with Crippen molar-refractivity contribution in [3.63, 3.8) is 0 Å². The van der Waals surface area contributed by atoms with Crippen LogP contribution in [-0.2, 0) is 24.3 Å². The molecule has 8 heteroatoms. The largest absolute Gasteiger partial charge is 0.464 e. The molecule has 0 aromatic carbocycles. The number of carbonyl (C=O) groups excluding carboxylic acids is 1. The summed E-state index contributed by atoms with van der Waals surface area (Å²) < 4.78 is 38.2. The molecule has 2 saturated carbocycles. The average Bonchev–Trinajstić information content (AvgIpc) is 3.09. The first-order valence-electron chi connectivity index (χ1n) is 8.33. The van der Waals surface area contributed by atoms with Gasteiger partial charge < -0.3 is 14.6 Å². The smallest absolute Gasteiger partial charge is 0.335 e. The van der Waals surface area contributed by atoms with E-state index in [1.165, 1.54) is 0 Å². The van der Waals surface area contributed by atoms with E-state index in [0.29, 0.717) is 38.7 Å². The van der Waals surface area contributed by atoms with Crippen LogP contribution in [0, 0.1) is 11.8 Å². The van der Waals surface area contributed by atoms with Crippen LogP contribution in [0.15, 0.2) is 0 Å². The summed E-state index contributed by atoms with van der Waals surface area (Å²) in [4.78, 5) is 12.0. The topological polar surface area (TPSA) is 102 Å². The molecule has 5 atom stereocenters. The van der Waals surface area contributed by atoms with E-state index in [1.54, 1.807) is 6.92 Å². The van der Waals surface area contributed by atoms with Gasteiger partial charge in [-0.25, -0.2) is 13.2 Å². The Labute approximate surface area is 136 Å². The molecule has 0 bridgehead atoms. The zero-order valence-corrected chi connectivity index (χ0v) is 14.3. The minimum atomic E-state index is -3.56. The molecular weight excluding hydrogens is 322 g/mol. The van der Waals surface area contributed by atoms with Gasteiger partial charge in [0.1, 0.15) is 5.72 Å². The number of hydrogen-bond donors (Lipinski definition) is 2. The van der Waals surface area contributed by atoms with Crippen molar-refractivity contribution in [2.45, 2.75) is 69.1 Å². The minimum Gasteiger partial charge on any atom is -0.464 e. The normalized spacial score (nSPS) is 38.8. The molecule has 5 unspecified atom stereocenters. The summed E-state index contributed by atoms with van der Waals surface area (Å²) in [7, 11) is -3.56. The molecule has 7 nitrogen and oxygen atoms in total. The number of rotatable bonds is 5. The predicted octanol–water partition coefficient (Wildman–Crippen LogP) is 0.523. The second-order valence-electron chi connectivity index (χ2n) is 6.98. The van der Waals surface area contributed by atoms with Gasteiger partial charge in [0.2, 0.25) is 10.0 Å². The Balaban J connectivity index is 1.67. The van der Waals surface area contributed by atoms with E-state index in [2.05, 4.69) is 4.72 Å². The van der Waals surface area contributed by atoms with Crippen LogP contribution in [0.5, 0.6) is 0 Å². The van der Waals surface area contributed by atoms with E-state index >= 15 is 0 Å². The number of hydrogen-bond acceptors (Lipinski definition) is 6. The highest BCUT2D eigenvalue weighted by Crippen LogP contribution is 2.44. The fourth-order valence-corrected chi connectivity index (χ4v) is 5.56. The highest BCUT2D eigenvalue weighted by atomic mass is 32.2. The van der Waals surface area contributed by atoms with Crippen molar-refractivity contribution < 1.29 is 27.8 Å². The quantitative estimate of drug-likeness (QED) is 0.555. The van der Waals surface area contributed by atoms with Gasteiger partial charge in [-0.15, -0.1) is 0 Å². The maximum atomic E-state index is 12.5. The third-order valence-corrected chi connectivity index (χ3v) is 7.24. The van der Waals surface area contributed by atoms with Gasteiger partial charge in [0.15, 0.2) is 6.10 Å². The van der Waals surface area contributed by atoms with Crippen LogP contribution in [0.2, 0.25) is 0 Å². The van der Waals surface area contributed by atoms with Crippen molar-refractivity contribution in [3.8, 4) is 0 Å². The Kier molecular flexibility index (Phi) is 4.46. The molecule has 2 aliphatic carbocycles. The van der Waals surface area contributed by atoms with Gasteiger partial charge in [-0.05, 0) is 50.9 Å². The van der Waals surface area contributed by atoms with Crippen LogP contribution in [0.3, 0.4) is 0 Å². The maximum Gasteiger partial charge on any atom is 0.335 e. The summed E-state index contributed by atoms with van der Waals surface area (Å²) in [5.41, 5.74) is -1.24. The van der Waals surface area contributed by atoms with Gasteiger partial charge in [0.05, 0.1) is 18.0 Å². The van der Waals surface area contributed by atoms with Gasteiger partial charge in [-0.2, -0.15) is 4.72 Å². The van der Waals surface area contributed by atoms with Gasteiger partial charge in [0.25, 0.3) is 0 Å². The highest BCUT2D eigenvalue weighted by Gasteiger charge is 2.52. The monoisotopic (exact) mass is 347 g/mol. The number of esters is 1. The zero-order chi connectivity index (χ0) is 16.8. The molecule has 3 fully saturated rings. The SMILES string of the molecule is CCOC(=O)C1OC2CCC(S(=O)(=O)NC3(O)CC3)CC2C1C. The maximum absolute atomic E-state index is 12.5. The molecular formula is C15H25NO6S. The van der Waals surface area contributed by atoms with Gasteiger partial charge in [0, 0.05) is 0 Å². The lowest BCUT2D eigenvalue weighted by Gasteiger charge is -2.32. The first kappa shape index (κ1) is 17.1. The van der Waals surface area contributed by atoms with Gasteiger partial charge >= 0.3 is 5.97 Å². The molecule has 1 heterocycles. The fraction of sp³-hybridized carbons (Fsp3) is 0.933. The second-order valence-corrected chi connectivity index (χ2v) is 8.94. The lowest BCUT2D eigenvalue weighted by atomic mass is 9.79. The lowest BCUT2D eigenvalue weighted by molar-refractivity contribution is -0.157. The molecule has 0 spiro atoms. The van der Waals surface area contributed by atoms with Crippen LogP contribution in [0.25, 0.3) is 0 Å². The Bertz CT molecular complexity index is 573. The summed E-state index contributed by atoms with van der Waals surface area (Å²) >= 11 is 0. The van der Waals surface area contributed by atoms with Crippen molar-refractivity contribution in [1.29, 1.82) is 0 Å². The Hall–Kier alpha value is -0.700. The summed E-state index contributed by atoms with van der Waals surface area (Å²) in [5, 5.41) is 9.29. The summed E-state index contributed by atoms with van der Waals surface area (Å²) in [5.74, 6) is -0.408. The minimum absolute atomic E-state index is 0.0218. The van der Waals surface area contributed by atoms with Crippen LogP contribution in [0.1, 0.15) is 46.0 Å². The first-order valence-corrected chi connectivity index (χ1v) is 9.87. The highest BCUT2D eigenvalue weighted by molar-refractivity contribution is 7.90. The second kappa shape index (κ2) is 5.98. The number of carbonyl (C=O) groups is 1. The molecule has 2 N–H and O–H groups in total. The van der Waals surface area contributed by atoms with Gasteiger partial charge in [-0.1, -0.05) is 6.92 Å². The van der Waals surface area contributed by atoms with E-state index in [-0.39, 0.29) is 23.9 Å². The van der Waals surface area contributed by atoms with Crippen molar-refractivity contribution in [2.75, 3.05) is 6.61 Å². The average molecular weight is 347 g/mol. The van der Waals surface area contributed by atoms with Crippen molar-refractivity contribution in [2.24, 2.45) is 11.8 Å². The van der Waals surface area contributed by atoms with E-state index < -0.39 is 27.1 Å². The van der Waals surface area contributed by atoms with Gasteiger partial charge in [-0.3, -0.25) is 0 Å². The third kappa shape index (κ3) is 3.40. The van der Waals surface area contributed by atoms with Crippen LogP contribution in [-0.4, -0.2) is 49.3 Å². The number of ether oxygens (including phenoxy) is 2. The van der Waals surface area contributed by atoms with E-state index in [9.17, 15) is 18.3 Å². The van der Waals surface area contributed by atoms with E-state index in [0.717, 1.165) is 0 Å². The predicted molar refractivity (Wildman–Crippen MR) is 81.8 cm³/mol. The standard InChI is InChI=1S/C15H25NO6S/c1-3-21-14(17)13-9(2)11-8-10(4-5-12(11)22-13)23(19,20)16-15(18)6-7-15/h9-13,16,18H,3-8H2,1-2H3. The number of sulfonamides is 1. The molecule has 0 amide bonds. The summed E-state index contributed by atoms with van der Waals surface area (Å²) in [6, 6.07) is 0. The molecule has 3 rings (SSSR count). The molecule has 23 heavy (non-hydrogen) atoms. The summed E-state index contributed by atoms with van der Waals surface area (Å²) in [6.45, 7) is 3.98. The molecule has 0 aromatic rings. The Morgan fingerprint density at radius 1 is 1.39 bits per heavy atom. The van der Waals surface area contributed by atoms with Crippen LogP contribution in [0.4, 0.5) is 0 Å². The van der Waals surface area contributed by atoms with Crippen molar-refractivity contribution in [3.05, 3.63) is 0 Å². The molecule has 3 aliphatic rings. The molecule has 1 aliphatic heterocycles. The zero-order valence-electron chi connectivity index (χ0n) is 13.5.